The SMILES string of the molecule is NCCC[C@H](N)C(=O)N[C@H](CCc1ccccc1)C(=O)Nc1cc2ccccc2nn1.O=C(O)C(F)(F)F.O=C(O)C(F)(F)F.O=C(O)C(F)(F)F. The lowest BCUT2D eigenvalue weighted by Gasteiger charge is -2.20. The van der Waals surface area contributed by atoms with E-state index in [9.17, 15) is 49.1 Å². The number of carbonyl (C=O) groups excluding carboxylic acids is 2. The normalized spacial score (nSPS) is 12.2. The van der Waals surface area contributed by atoms with Crippen molar-refractivity contribution in [3.63, 3.8) is 0 Å². The number of nitrogens with zero attached hydrogens (tertiary/aromatic N) is 2. The fraction of sp³-hybridized carbons (Fsp3) is 0.345. The molecule has 288 valence electrons. The third-order valence-electron chi connectivity index (χ3n) is 5.73. The summed E-state index contributed by atoms with van der Waals surface area (Å²) in [6.45, 7) is 0.458. The molecule has 23 heteroatoms. The number of aryl methyl sites for hydroxylation is 1. The first kappa shape index (κ1) is 46.4. The maximum absolute atomic E-state index is 13.0. The molecular formula is C29H31F9N6O8. The summed E-state index contributed by atoms with van der Waals surface area (Å²) in [6, 6.07) is 17.6. The van der Waals surface area contributed by atoms with Gasteiger partial charge in [-0.05, 0) is 49.9 Å². The average Bonchev–Trinajstić information content (AvgIpc) is 3.05. The highest BCUT2D eigenvalue weighted by Crippen LogP contribution is 2.16. The van der Waals surface area contributed by atoms with Gasteiger partial charge in [0.2, 0.25) is 11.8 Å². The van der Waals surface area contributed by atoms with Crippen LogP contribution in [0.1, 0.15) is 24.8 Å². The number of halogens is 9. The first-order valence-corrected chi connectivity index (χ1v) is 14.1. The van der Waals surface area contributed by atoms with Gasteiger partial charge in [0.05, 0.1) is 11.6 Å². The van der Waals surface area contributed by atoms with Crippen molar-refractivity contribution in [3.05, 3.63) is 66.2 Å². The van der Waals surface area contributed by atoms with Gasteiger partial charge in [-0.25, -0.2) is 14.4 Å². The highest BCUT2D eigenvalue weighted by atomic mass is 19.4. The summed E-state index contributed by atoms with van der Waals surface area (Å²) in [6.07, 6.45) is -13.1. The van der Waals surface area contributed by atoms with Crippen LogP contribution < -0.4 is 22.1 Å². The van der Waals surface area contributed by atoms with Gasteiger partial charge in [0.15, 0.2) is 5.82 Å². The summed E-state index contributed by atoms with van der Waals surface area (Å²) in [5.41, 5.74) is 13.3. The van der Waals surface area contributed by atoms with Crippen LogP contribution in [0.5, 0.6) is 0 Å². The molecule has 0 radical (unpaired) electrons. The van der Waals surface area contributed by atoms with Crippen molar-refractivity contribution in [1.29, 1.82) is 0 Å². The second kappa shape index (κ2) is 21.6. The Balaban J connectivity index is 0.00000101. The number of anilines is 1. The number of alkyl halides is 9. The van der Waals surface area contributed by atoms with Crippen LogP contribution >= 0.6 is 0 Å². The van der Waals surface area contributed by atoms with Gasteiger partial charge in [-0.2, -0.15) is 39.5 Å². The minimum atomic E-state index is -5.08. The van der Waals surface area contributed by atoms with Gasteiger partial charge in [0.1, 0.15) is 6.04 Å². The maximum atomic E-state index is 13.0. The second-order valence-corrected chi connectivity index (χ2v) is 9.81. The Morgan fingerprint density at radius 2 is 1.15 bits per heavy atom. The van der Waals surface area contributed by atoms with Crippen LogP contribution in [-0.4, -0.2) is 92.4 Å². The van der Waals surface area contributed by atoms with Crippen molar-refractivity contribution in [1.82, 2.24) is 15.5 Å². The van der Waals surface area contributed by atoms with Crippen molar-refractivity contribution in [2.24, 2.45) is 11.5 Å². The van der Waals surface area contributed by atoms with Gasteiger partial charge in [-0.3, -0.25) is 9.59 Å². The first-order valence-electron chi connectivity index (χ1n) is 14.1. The summed E-state index contributed by atoms with van der Waals surface area (Å²) < 4.78 is 95.2. The van der Waals surface area contributed by atoms with Crippen LogP contribution in [0.2, 0.25) is 0 Å². The molecule has 3 aromatic rings. The zero-order chi connectivity index (χ0) is 40.3. The summed E-state index contributed by atoms with van der Waals surface area (Å²) >= 11 is 0. The highest BCUT2D eigenvalue weighted by Gasteiger charge is 2.39. The van der Waals surface area contributed by atoms with Gasteiger partial charge in [0, 0.05) is 5.39 Å². The molecule has 0 fully saturated rings. The predicted octanol–water partition coefficient (Wildman–Crippen LogP) is 3.65. The van der Waals surface area contributed by atoms with Crippen molar-refractivity contribution in [2.75, 3.05) is 11.9 Å². The molecule has 0 spiro atoms. The lowest BCUT2D eigenvalue weighted by Crippen LogP contribution is -2.50. The third kappa shape index (κ3) is 19.6. The molecule has 0 aliphatic heterocycles. The number of hydrogen-bond donors (Lipinski definition) is 7. The number of amides is 2. The monoisotopic (exact) mass is 762 g/mol. The Morgan fingerprint density at radius 3 is 1.62 bits per heavy atom. The molecule has 0 aliphatic carbocycles. The standard InChI is InChI=1S/C23H28N6O2.3C2HF3O2/c24-14-6-10-18(25)22(30)26-20(13-12-16-7-2-1-3-8-16)23(31)27-21-15-17-9-4-5-11-19(17)28-29-21;3*3-2(4,5)1(6)7/h1-5,7-9,11,15,18,20H,6,10,12-14,24-25H2,(H,26,30)(H,27,29,31);3*(H,6,7)/t18-,20+;;;/m0.../s1. The molecule has 9 N–H and O–H groups in total. The largest absolute Gasteiger partial charge is 0.490 e. The Kier molecular flexibility index (Phi) is 19.3. The van der Waals surface area contributed by atoms with Gasteiger partial charge in [-0.15, -0.1) is 10.2 Å². The number of nitrogens with one attached hydrogen (secondary N) is 2. The molecule has 1 aromatic heterocycles. The molecule has 2 aromatic carbocycles. The summed E-state index contributed by atoms with van der Waals surface area (Å²) in [4.78, 5) is 52.2. The molecule has 0 bridgehead atoms. The zero-order valence-corrected chi connectivity index (χ0v) is 26.3. The molecule has 0 saturated carbocycles. The van der Waals surface area contributed by atoms with E-state index in [1.54, 1.807) is 6.07 Å². The van der Waals surface area contributed by atoms with Crippen LogP contribution in [0.3, 0.4) is 0 Å². The van der Waals surface area contributed by atoms with Crippen molar-refractivity contribution in [3.8, 4) is 0 Å². The number of hydrogen-bond acceptors (Lipinski definition) is 9. The van der Waals surface area contributed by atoms with E-state index in [-0.39, 0.29) is 11.8 Å². The van der Waals surface area contributed by atoms with E-state index in [2.05, 4.69) is 20.8 Å². The zero-order valence-electron chi connectivity index (χ0n) is 26.3. The average molecular weight is 763 g/mol. The quantitative estimate of drug-likeness (QED) is 0.146. The summed E-state index contributed by atoms with van der Waals surface area (Å²) in [5.74, 6) is -8.67. The summed E-state index contributed by atoms with van der Waals surface area (Å²) in [7, 11) is 0. The number of carboxylic acids is 3. The van der Waals surface area contributed by atoms with E-state index in [4.69, 9.17) is 41.2 Å². The molecule has 1 heterocycles. The van der Waals surface area contributed by atoms with Gasteiger partial charge in [0.25, 0.3) is 0 Å². The highest BCUT2D eigenvalue weighted by molar-refractivity contribution is 5.98. The molecule has 0 saturated heterocycles. The van der Waals surface area contributed by atoms with Crippen molar-refractivity contribution in [2.45, 2.75) is 56.3 Å². The number of nitrogens with two attached hydrogens (primary N) is 2. The fourth-order valence-corrected chi connectivity index (χ4v) is 3.23. The van der Waals surface area contributed by atoms with Gasteiger partial charge < -0.3 is 37.4 Å². The lowest BCUT2D eigenvalue weighted by molar-refractivity contribution is -0.193. The van der Waals surface area contributed by atoms with Crippen LogP contribution in [-0.2, 0) is 30.4 Å². The predicted molar refractivity (Wildman–Crippen MR) is 162 cm³/mol. The van der Waals surface area contributed by atoms with E-state index >= 15 is 0 Å². The molecule has 52 heavy (non-hydrogen) atoms. The van der Waals surface area contributed by atoms with Crippen LogP contribution in [0.15, 0.2) is 60.7 Å². The van der Waals surface area contributed by atoms with Crippen LogP contribution in [0.25, 0.3) is 10.9 Å². The Hall–Kier alpha value is -5.58. The minimum Gasteiger partial charge on any atom is -0.475 e. The number of benzene rings is 2. The van der Waals surface area contributed by atoms with Crippen LogP contribution in [0, 0.1) is 0 Å². The topological polar surface area (TPSA) is 248 Å². The van der Waals surface area contributed by atoms with Crippen LogP contribution in [0.4, 0.5) is 45.3 Å². The Labute approximate surface area is 287 Å². The molecule has 2 atom stereocenters. The van der Waals surface area contributed by atoms with Gasteiger partial charge in [-0.1, -0.05) is 48.5 Å². The molecule has 2 amide bonds. The van der Waals surface area contributed by atoms with Crippen molar-refractivity contribution < 1.29 is 78.8 Å². The van der Waals surface area contributed by atoms with Gasteiger partial charge >= 0.3 is 36.4 Å². The number of aliphatic carboxylic acids is 3. The number of carboxylic acid groups (broad SMARTS) is 3. The molecule has 3 rings (SSSR count). The van der Waals surface area contributed by atoms with Crippen molar-refractivity contribution >= 4 is 46.4 Å². The molecule has 0 unspecified atom stereocenters. The van der Waals surface area contributed by atoms with E-state index in [0.717, 1.165) is 16.5 Å². The van der Waals surface area contributed by atoms with E-state index in [0.29, 0.717) is 38.0 Å². The number of rotatable bonds is 10. The smallest absolute Gasteiger partial charge is 0.475 e. The fourth-order valence-electron chi connectivity index (χ4n) is 3.23. The van der Waals surface area contributed by atoms with E-state index in [1.807, 2.05) is 54.6 Å². The number of aromatic nitrogens is 2. The van der Waals surface area contributed by atoms with E-state index < -0.39 is 48.5 Å². The molecule has 0 aliphatic rings. The number of carbonyl (C=O) groups is 5. The number of fused-ring (bicyclic) bond motifs is 1. The first-order chi connectivity index (χ1) is 23.9. The molecular weight excluding hydrogens is 731 g/mol. The minimum absolute atomic E-state index is 0.329. The van der Waals surface area contributed by atoms with E-state index in [1.165, 1.54) is 0 Å². The second-order valence-electron chi connectivity index (χ2n) is 9.81. The summed E-state index contributed by atoms with van der Waals surface area (Å²) in [5, 5.41) is 36.0. The third-order valence-corrected chi connectivity index (χ3v) is 5.73. The lowest BCUT2D eigenvalue weighted by atomic mass is 10.0. The Morgan fingerprint density at radius 1 is 0.692 bits per heavy atom. The maximum Gasteiger partial charge on any atom is 0.490 e. The molecule has 14 nitrogen and oxygen atoms in total. The Bertz CT molecular complexity index is 1550.